The minimum absolute atomic E-state index is 0.122. The van der Waals surface area contributed by atoms with Crippen molar-refractivity contribution in [2.24, 2.45) is 0 Å². The van der Waals surface area contributed by atoms with E-state index in [1.807, 2.05) is 49.3 Å². The third-order valence-corrected chi connectivity index (χ3v) is 6.33. The van der Waals surface area contributed by atoms with Crippen LogP contribution in [0.2, 0.25) is 0 Å². The van der Waals surface area contributed by atoms with Crippen molar-refractivity contribution in [2.45, 2.75) is 45.4 Å². The zero-order chi connectivity index (χ0) is 20.4. The second kappa shape index (κ2) is 8.47. The third kappa shape index (κ3) is 4.26. The van der Waals surface area contributed by atoms with E-state index in [-0.39, 0.29) is 18.7 Å². The monoisotopic (exact) mass is 411 g/mol. The minimum atomic E-state index is -0.429. The van der Waals surface area contributed by atoms with Gasteiger partial charge < -0.3 is 9.64 Å². The van der Waals surface area contributed by atoms with Gasteiger partial charge in [-0.15, -0.1) is 11.3 Å². The number of hydrogen-bond acceptors (Lipinski definition) is 6. The Bertz CT molecular complexity index is 1090. The van der Waals surface area contributed by atoms with Gasteiger partial charge in [0.1, 0.15) is 23.8 Å². The van der Waals surface area contributed by atoms with Crippen LogP contribution < -0.4 is 5.56 Å². The second-order valence-corrected chi connectivity index (χ2v) is 8.78. The number of carbonyl (C=O) groups excluding carboxylic acids is 1. The standard InChI is InChI=1S/C22H25N3O3S/c1-24(2)12-18-23-21-20(16-10-6-7-11-17(16)29-21)22(27)25(18)13-19(26)28-14-15-8-4-3-5-9-15/h3-5,8-9H,6-7,10-14H2,1-2H3. The first kappa shape index (κ1) is 19.8. The number of fused-ring (bicyclic) bond motifs is 3. The van der Waals surface area contributed by atoms with Gasteiger partial charge >= 0.3 is 5.97 Å². The number of hydrogen-bond donors (Lipinski definition) is 0. The van der Waals surface area contributed by atoms with E-state index in [9.17, 15) is 9.59 Å². The predicted octanol–water partition coefficient (Wildman–Crippen LogP) is 3.14. The van der Waals surface area contributed by atoms with E-state index >= 15 is 0 Å². The van der Waals surface area contributed by atoms with Crippen molar-refractivity contribution in [3.8, 4) is 0 Å². The van der Waals surface area contributed by atoms with Gasteiger partial charge in [0.15, 0.2) is 0 Å². The molecule has 0 spiro atoms. The van der Waals surface area contributed by atoms with Crippen LogP contribution in [-0.4, -0.2) is 34.5 Å². The summed E-state index contributed by atoms with van der Waals surface area (Å²) in [6.07, 6.45) is 4.18. The van der Waals surface area contributed by atoms with Crippen LogP contribution in [0, 0.1) is 0 Å². The van der Waals surface area contributed by atoms with Gasteiger partial charge in [0.25, 0.3) is 5.56 Å². The van der Waals surface area contributed by atoms with Gasteiger partial charge in [0, 0.05) is 4.88 Å². The maximum atomic E-state index is 13.4. The highest BCUT2D eigenvalue weighted by Crippen LogP contribution is 2.33. The molecule has 7 heteroatoms. The molecule has 0 saturated heterocycles. The van der Waals surface area contributed by atoms with Gasteiger partial charge in [-0.05, 0) is 50.9 Å². The molecule has 1 aliphatic carbocycles. The van der Waals surface area contributed by atoms with Gasteiger partial charge in [-0.1, -0.05) is 30.3 Å². The molecule has 0 N–H and O–H groups in total. The van der Waals surface area contributed by atoms with Crippen LogP contribution in [0.5, 0.6) is 0 Å². The number of esters is 1. The highest BCUT2D eigenvalue weighted by atomic mass is 32.1. The molecular formula is C22H25N3O3S. The molecule has 0 saturated carbocycles. The van der Waals surface area contributed by atoms with Crippen LogP contribution in [0.3, 0.4) is 0 Å². The first-order chi connectivity index (χ1) is 14.0. The molecule has 0 radical (unpaired) electrons. The van der Waals surface area contributed by atoms with Crippen molar-refractivity contribution >= 4 is 27.5 Å². The number of carbonyl (C=O) groups is 1. The molecule has 0 amide bonds. The molecular weight excluding hydrogens is 386 g/mol. The van der Waals surface area contributed by atoms with Crippen molar-refractivity contribution in [3.05, 3.63) is 62.5 Å². The van der Waals surface area contributed by atoms with Crippen molar-refractivity contribution in [1.29, 1.82) is 0 Å². The fraction of sp³-hybridized carbons (Fsp3) is 0.409. The molecule has 2 heterocycles. The molecule has 2 aromatic heterocycles. The van der Waals surface area contributed by atoms with Crippen molar-refractivity contribution < 1.29 is 9.53 Å². The Morgan fingerprint density at radius 2 is 1.97 bits per heavy atom. The van der Waals surface area contributed by atoms with Crippen LogP contribution in [0.25, 0.3) is 10.2 Å². The van der Waals surface area contributed by atoms with E-state index in [1.54, 1.807) is 11.3 Å². The molecule has 0 fully saturated rings. The van der Waals surface area contributed by atoms with E-state index in [0.29, 0.717) is 17.8 Å². The molecule has 1 aliphatic rings. The molecule has 29 heavy (non-hydrogen) atoms. The summed E-state index contributed by atoms with van der Waals surface area (Å²) in [7, 11) is 3.85. The number of aryl methyl sites for hydroxylation is 2. The zero-order valence-electron chi connectivity index (χ0n) is 16.8. The first-order valence-corrected chi connectivity index (χ1v) is 10.7. The summed E-state index contributed by atoms with van der Waals surface area (Å²) >= 11 is 1.63. The smallest absolute Gasteiger partial charge is 0.326 e. The molecule has 3 aromatic rings. The number of ether oxygens (including phenoxy) is 1. The number of benzene rings is 1. The summed E-state index contributed by atoms with van der Waals surface area (Å²) in [6, 6.07) is 9.53. The Kier molecular flexibility index (Phi) is 5.78. The third-order valence-electron chi connectivity index (χ3n) is 5.14. The lowest BCUT2D eigenvalue weighted by Crippen LogP contribution is -2.31. The average molecular weight is 412 g/mol. The van der Waals surface area contributed by atoms with Gasteiger partial charge in [-0.25, -0.2) is 4.98 Å². The zero-order valence-corrected chi connectivity index (χ0v) is 17.6. The van der Waals surface area contributed by atoms with Crippen molar-refractivity contribution in [2.75, 3.05) is 14.1 Å². The number of aromatic nitrogens is 2. The molecule has 0 aliphatic heterocycles. The van der Waals surface area contributed by atoms with Crippen molar-refractivity contribution in [1.82, 2.24) is 14.5 Å². The summed E-state index contributed by atoms with van der Waals surface area (Å²) < 4.78 is 6.91. The fourth-order valence-electron chi connectivity index (χ4n) is 3.76. The van der Waals surface area contributed by atoms with Gasteiger partial charge in [0.05, 0.1) is 11.9 Å². The van der Waals surface area contributed by atoms with E-state index in [1.165, 1.54) is 9.44 Å². The Morgan fingerprint density at radius 1 is 1.21 bits per heavy atom. The van der Waals surface area contributed by atoms with Gasteiger partial charge in [0.2, 0.25) is 0 Å². The maximum Gasteiger partial charge on any atom is 0.326 e. The maximum absolute atomic E-state index is 13.4. The molecule has 0 bridgehead atoms. The highest BCUT2D eigenvalue weighted by Gasteiger charge is 2.23. The van der Waals surface area contributed by atoms with Crippen LogP contribution in [0.4, 0.5) is 0 Å². The van der Waals surface area contributed by atoms with Crippen LogP contribution in [0.1, 0.15) is 34.7 Å². The van der Waals surface area contributed by atoms with E-state index in [4.69, 9.17) is 9.72 Å². The molecule has 4 rings (SSSR count). The fourth-order valence-corrected chi connectivity index (χ4v) is 5.03. The molecule has 1 aromatic carbocycles. The van der Waals surface area contributed by atoms with Crippen molar-refractivity contribution in [3.63, 3.8) is 0 Å². The summed E-state index contributed by atoms with van der Waals surface area (Å²) in [6.45, 7) is 0.559. The number of rotatable bonds is 6. The summed E-state index contributed by atoms with van der Waals surface area (Å²) in [5.74, 6) is 0.170. The van der Waals surface area contributed by atoms with Crippen LogP contribution >= 0.6 is 11.3 Å². The first-order valence-electron chi connectivity index (χ1n) is 9.91. The molecule has 152 valence electrons. The van der Waals surface area contributed by atoms with E-state index < -0.39 is 5.97 Å². The summed E-state index contributed by atoms with van der Waals surface area (Å²) in [4.78, 5) is 34.7. The summed E-state index contributed by atoms with van der Waals surface area (Å²) in [5.41, 5.74) is 1.93. The van der Waals surface area contributed by atoms with Crippen LogP contribution in [-0.2, 0) is 42.1 Å². The quantitative estimate of drug-likeness (QED) is 0.583. The number of nitrogens with zero attached hydrogens (tertiary/aromatic N) is 3. The lowest BCUT2D eigenvalue weighted by Gasteiger charge is -2.16. The SMILES string of the molecule is CN(C)Cc1nc2sc3c(c2c(=O)n1CC(=O)OCc1ccccc1)CCCC3. The van der Waals surface area contributed by atoms with Gasteiger partial charge in [-0.3, -0.25) is 14.2 Å². The second-order valence-electron chi connectivity index (χ2n) is 7.69. The lowest BCUT2D eigenvalue weighted by atomic mass is 9.97. The van der Waals surface area contributed by atoms with E-state index in [2.05, 4.69) is 0 Å². The molecule has 6 nitrogen and oxygen atoms in total. The van der Waals surface area contributed by atoms with Gasteiger partial charge in [-0.2, -0.15) is 0 Å². The van der Waals surface area contributed by atoms with Crippen LogP contribution in [0.15, 0.2) is 35.1 Å². The Balaban J connectivity index is 1.66. The predicted molar refractivity (Wildman–Crippen MR) is 114 cm³/mol. The highest BCUT2D eigenvalue weighted by molar-refractivity contribution is 7.18. The Hall–Kier alpha value is -2.51. The minimum Gasteiger partial charge on any atom is -0.459 e. The van der Waals surface area contributed by atoms with E-state index in [0.717, 1.165) is 41.6 Å². The molecule has 0 unspecified atom stereocenters. The average Bonchev–Trinajstić information content (AvgIpc) is 3.08. The summed E-state index contributed by atoms with van der Waals surface area (Å²) in [5, 5.41) is 0.697. The molecule has 0 atom stereocenters. The topological polar surface area (TPSA) is 64.4 Å². The number of thiophene rings is 1. The Labute approximate surface area is 173 Å². The normalized spacial score (nSPS) is 13.6. The Morgan fingerprint density at radius 3 is 2.72 bits per heavy atom. The lowest BCUT2D eigenvalue weighted by molar-refractivity contribution is -0.145. The largest absolute Gasteiger partial charge is 0.459 e.